The van der Waals surface area contributed by atoms with Crippen LogP contribution in [0.2, 0.25) is 0 Å². The van der Waals surface area contributed by atoms with Crippen molar-refractivity contribution in [2.75, 3.05) is 30.9 Å². The molecule has 0 saturated heterocycles. The number of anilines is 2. The number of aromatic nitrogens is 3. The molecule has 1 N–H and O–H groups in total. The third kappa shape index (κ3) is 3.95. The van der Waals surface area contributed by atoms with Gasteiger partial charge < -0.3 is 15.0 Å². The van der Waals surface area contributed by atoms with Gasteiger partial charge in [0.05, 0.1) is 6.10 Å². The first kappa shape index (κ1) is 14.8. The van der Waals surface area contributed by atoms with Crippen LogP contribution < -0.4 is 15.0 Å². The lowest BCUT2D eigenvalue weighted by Crippen LogP contribution is -2.26. The second-order valence-corrected chi connectivity index (χ2v) is 5.69. The van der Waals surface area contributed by atoms with Crippen molar-refractivity contribution in [2.45, 2.75) is 45.6 Å². The zero-order chi connectivity index (χ0) is 14.5. The molecule has 112 valence electrons. The molecular formula is C14H25N5O. The van der Waals surface area contributed by atoms with Gasteiger partial charge in [0, 0.05) is 20.6 Å². The van der Waals surface area contributed by atoms with Crippen LogP contribution in [0.3, 0.4) is 0 Å². The van der Waals surface area contributed by atoms with E-state index in [2.05, 4.69) is 25.2 Å². The van der Waals surface area contributed by atoms with Crippen LogP contribution in [0.4, 0.5) is 11.9 Å². The molecule has 0 bridgehead atoms. The average molecular weight is 279 g/mol. The normalized spacial score (nSPS) is 15.7. The summed E-state index contributed by atoms with van der Waals surface area (Å²) in [5.74, 6) is 1.97. The van der Waals surface area contributed by atoms with Gasteiger partial charge in [0.2, 0.25) is 11.9 Å². The maximum absolute atomic E-state index is 5.59. The minimum atomic E-state index is 0.0510. The zero-order valence-electron chi connectivity index (χ0n) is 12.9. The Morgan fingerprint density at radius 1 is 1.25 bits per heavy atom. The molecular weight excluding hydrogens is 254 g/mol. The lowest BCUT2D eigenvalue weighted by molar-refractivity contribution is 0.222. The van der Waals surface area contributed by atoms with E-state index >= 15 is 0 Å². The predicted molar refractivity (Wildman–Crippen MR) is 80.4 cm³/mol. The summed E-state index contributed by atoms with van der Waals surface area (Å²) in [6, 6.07) is 0.382. The Kier molecular flexibility index (Phi) is 4.98. The highest BCUT2D eigenvalue weighted by Gasteiger charge is 2.19. The van der Waals surface area contributed by atoms with Gasteiger partial charge in [-0.3, -0.25) is 0 Å². The molecule has 0 aromatic carbocycles. The molecule has 1 aromatic heterocycles. The molecule has 0 spiro atoms. The molecule has 1 saturated carbocycles. The van der Waals surface area contributed by atoms with Crippen LogP contribution in [0.5, 0.6) is 6.01 Å². The highest BCUT2D eigenvalue weighted by atomic mass is 16.5. The molecule has 0 radical (unpaired) electrons. The van der Waals surface area contributed by atoms with Gasteiger partial charge in [-0.25, -0.2) is 0 Å². The third-order valence-corrected chi connectivity index (χ3v) is 3.52. The van der Waals surface area contributed by atoms with Crippen LogP contribution in [0.1, 0.15) is 39.5 Å². The fraction of sp³-hybridized carbons (Fsp3) is 0.786. The van der Waals surface area contributed by atoms with E-state index in [0.29, 0.717) is 17.9 Å². The first-order chi connectivity index (χ1) is 9.58. The van der Waals surface area contributed by atoms with Crippen molar-refractivity contribution in [2.24, 2.45) is 5.92 Å². The van der Waals surface area contributed by atoms with Gasteiger partial charge in [0.25, 0.3) is 0 Å². The van der Waals surface area contributed by atoms with Crippen molar-refractivity contribution in [3.8, 4) is 6.01 Å². The highest BCUT2D eigenvalue weighted by molar-refractivity contribution is 5.37. The van der Waals surface area contributed by atoms with Crippen LogP contribution in [0, 0.1) is 5.92 Å². The standard InChI is InChI=1S/C14H25N5O/c1-10(2)20-14-17-12(15-3)16-13(18-14)19(4)9-11-7-5-6-8-11/h10-11H,5-9H2,1-4H3,(H,15,16,17,18). The molecule has 6 nitrogen and oxygen atoms in total. The largest absolute Gasteiger partial charge is 0.461 e. The molecule has 0 amide bonds. The number of hydrogen-bond donors (Lipinski definition) is 1. The van der Waals surface area contributed by atoms with Gasteiger partial charge in [-0.15, -0.1) is 0 Å². The smallest absolute Gasteiger partial charge is 0.323 e. The number of ether oxygens (including phenoxy) is 1. The average Bonchev–Trinajstić information content (AvgIpc) is 2.90. The second kappa shape index (κ2) is 6.72. The Balaban J connectivity index is 2.11. The fourth-order valence-corrected chi connectivity index (χ4v) is 2.55. The monoisotopic (exact) mass is 279 g/mol. The van der Waals surface area contributed by atoms with Crippen molar-refractivity contribution in [1.82, 2.24) is 15.0 Å². The molecule has 20 heavy (non-hydrogen) atoms. The minimum Gasteiger partial charge on any atom is -0.461 e. The summed E-state index contributed by atoms with van der Waals surface area (Å²) in [6.45, 7) is 4.92. The first-order valence-corrected chi connectivity index (χ1v) is 7.40. The highest BCUT2D eigenvalue weighted by Crippen LogP contribution is 2.26. The maximum atomic E-state index is 5.59. The van der Waals surface area contributed by atoms with Crippen LogP contribution in [-0.2, 0) is 0 Å². The van der Waals surface area contributed by atoms with Crippen molar-refractivity contribution >= 4 is 11.9 Å². The van der Waals surface area contributed by atoms with E-state index in [9.17, 15) is 0 Å². The van der Waals surface area contributed by atoms with Gasteiger partial charge in [-0.2, -0.15) is 15.0 Å². The van der Waals surface area contributed by atoms with E-state index in [-0.39, 0.29) is 6.10 Å². The molecule has 1 heterocycles. The van der Waals surface area contributed by atoms with E-state index in [0.717, 1.165) is 12.5 Å². The van der Waals surface area contributed by atoms with Gasteiger partial charge in [-0.05, 0) is 32.6 Å². The molecule has 1 aliphatic carbocycles. The van der Waals surface area contributed by atoms with E-state index in [1.807, 2.05) is 20.9 Å². The topological polar surface area (TPSA) is 63.2 Å². The Bertz CT molecular complexity index is 432. The van der Waals surface area contributed by atoms with E-state index in [1.165, 1.54) is 25.7 Å². The molecule has 6 heteroatoms. The summed E-state index contributed by atoms with van der Waals surface area (Å²) in [7, 11) is 3.83. The molecule has 2 rings (SSSR count). The Hall–Kier alpha value is -1.59. The molecule has 1 fully saturated rings. The Morgan fingerprint density at radius 3 is 2.55 bits per heavy atom. The molecule has 0 atom stereocenters. The molecule has 0 aliphatic heterocycles. The van der Waals surface area contributed by atoms with Gasteiger partial charge in [-0.1, -0.05) is 12.8 Å². The molecule has 1 aromatic rings. The lowest BCUT2D eigenvalue weighted by atomic mass is 10.1. The summed E-state index contributed by atoms with van der Waals surface area (Å²) in [6.07, 6.45) is 5.36. The summed E-state index contributed by atoms with van der Waals surface area (Å²) in [5, 5.41) is 2.96. The van der Waals surface area contributed by atoms with Gasteiger partial charge in [0.1, 0.15) is 0 Å². The zero-order valence-corrected chi connectivity index (χ0v) is 12.9. The van der Waals surface area contributed by atoms with E-state index in [4.69, 9.17) is 4.74 Å². The minimum absolute atomic E-state index is 0.0510. The Morgan fingerprint density at radius 2 is 1.95 bits per heavy atom. The number of rotatable bonds is 6. The van der Waals surface area contributed by atoms with Crippen molar-refractivity contribution in [1.29, 1.82) is 0 Å². The van der Waals surface area contributed by atoms with Crippen molar-refractivity contribution < 1.29 is 4.74 Å². The van der Waals surface area contributed by atoms with Gasteiger partial charge in [0.15, 0.2) is 0 Å². The summed E-state index contributed by atoms with van der Waals surface area (Å²) in [4.78, 5) is 15.1. The first-order valence-electron chi connectivity index (χ1n) is 7.40. The predicted octanol–water partition coefficient (Wildman–Crippen LogP) is 2.33. The summed E-state index contributed by atoms with van der Waals surface area (Å²) >= 11 is 0. The lowest BCUT2D eigenvalue weighted by Gasteiger charge is -2.21. The number of hydrogen-bond acceptors (Lipinski definition) is 6. The van der Waals surface area contributed by atoms with Crippen LogP contribution in [0.15, 0.2) is 0 Å². The van der Waals surface area contributed by atoms with Crippen LogP contribution >= 0.6 is 0 Å². The summed E-state index contributed by atoms with van der Waals surface area (Å²) in [5.41, 5.74) is 0. The van der Waals surface area contributed by atoms with Crippen LogP contribution in [0.25, 0.3) is 0 Å². The fourth-order valence-electron chi connectivity index (χ4n) is 2.55. The van der Waals surface area contributed by atoms with Crippen molar-refractivity contribution in [3.63, 3.8) is 0 Å². The van der Waals surface area contributed by atoms with Crippen molar-refractivity contribution in [3.05, 3.63) is 0 Å². The van der Waals surface area contributed by atoms with Crippen LogP contribution in [-0.4, -0.2) is 41.7 Å². The SMILES string of the molecule is CNc1nc(OC(C)C)nc(N(C)CC2CCCC2)n1. The third-order valence-electron chi connectivity index (χ3n) is 3.52. The molecule has 1 aliphatic rings. The van der Waals surface area contributed by atoms with E-state index < -0.39 is 0 Å². The maximum Gasteiger partial charge on any atom is 0.323 e. The molecule has 0 unspecified atom stereocenters. The Labute approximate surface area is 121 Å². The van der Waals surface area contributed by atoms with Gasteiger partial charge >= 0.3 is 6.01 Å². The second-order valence-electron chi connectivity index (χ2n) is 5.69. The number of nitrogens with zero attached hydrogens (tertiary/aromatic N) is 4. The van der Waals surface area contributed by atoms with E-state index in [1.54, 1.807) is 7.05 Å². The number of nitrogens with one attached hydrogen (secondary N) is 1. The quantitative estimate of drug-likeness (QED) is 0.862. The summed E-state index contributed by atoms with van der Waals surface area (Å²) < 4.78 is 5.59.